The predicted octanol–water partition coefficient (Wildman–Crippen LogP) is 3.62. The molecule has 0 bridgehead atoms. The standard InChI is InChI=1S/C24H25N3O6S/c1-17-5-10-20(34(30,31)27-11-3-2-4-12-27)13-21(17)26-23(28)15-32-24(29)19-8-6-18(7-9-19)22-14-25-16-33-22/h5-10,13-14,16H,2-4,11-12,15H2,1H3,(H,26,28). The van der Waals surface area contributed by atoms with E-state index in [4.69, 9.17) is 9.15 Å². The van der Waals surface area contributed by atoms with Gasteiger partial charge >= 0.3 is 5.97 Å². The molecule has 1 saturated heterocycles. The van der Waals surface area contributed by atoms with Gasteiger partial charge in [-0.3, -0.25) is 4.79 Å². The molecule has 3 aromatic rings. The van der Waals surface area contributed by atoms with Crippen LogP contribution in [0.1, 0.15) is 35.2 Å². The highest BCUT2D eigenvalue weighted by molar-refractivity contribution is 7.89. The van der Waals surface area contributed by atoms with Crippen molar-refractivity contribution in [3.05, 3.63) is 66.2 Å². The molecule has 1 amide bonds. The highest BCUT2D eigenvalue weighted by atomic mass is 32.2. The summed E-state index contributed by atoms with van der Waals surface area (Å²) in [5, 5.41) is 2.64. The lowest BCUT2D eigenvalue weighted by molar-refractivity contribution is -0.119. The monoisotopic (exact) mass is 483 g/mol. The first-order valence-electron chi connectivity index (χ1n) is 10.9. The van der Waals surface area contributed by atoms with E-state index in [1.807, 2.05) is 0 Å². The second-order valence-corrected chi connectivity index (χ2v) is 9.95. The van der Waals surface area contributed by atoms with Crippen molar-refractivity contribution in [2.24, 2.45) is 0 Å². The number of oxazole rings is 1. The van der Waals surface area contributed by atoms with E-state index < -0.39 is 28.5 Å². The van der Waals surface area contributed by atoms with E-state index in [0.29, 0.717) is 30.1 Å². The molecule has 0 unspecified atom stereocenters. The number of amides is 1. The number of aryl methyl sites for hydroxylation is 1. The zero-order valence-electron chi connectivity index (χ0n) is 18.7. The summed E-state index contributed by atoms with van der Waals surface area (Å²) < 4.78 is 37.7. The number of anilines is 1. The van der Waals surface area contributed by atoms with E-state index in [1.54, 1.807) is 43.5 Å². The van der Waals surface area contributed by atoms with Crippen LogP contribution in [-0.2, 0) is 19.6 Å². The minimum absolute atomic E-state index is 0.124. The number of hydrogen-bond donors (Lipinski definition) is 1. The first-order chi connectivity index (χ1) is 16.3. The minimum atomic E-state index is -3.63. The topological polar surface area (TPSA) is 119 Å². The van der Waals surface area contributed by atoms with Crippen LogP contribution in [0.2, 0.25) is 0 Å². The summed E-state index contributed by atoms with van der Waals surface area (Å²) in [5.41, 5.74) is 2.08. The molecule has 0 spiro atoms. The number of nitrogens with one attached hydrogen (secondary N) is 1. The molecule has 0 saturated carbocycles. The van der Waals surface area contributed by atoms with E-state index in [-0.39, 0.29) is 10.5 Å². The number of hydrogen-bond acceptors (Lipinski definition) is 7. The Kier molecular flexibility index (Phi) is 7.09. The van der Waals surface area contributed by atoms with E-state index in [9.17, 15) is 18.0 Å². The van der Waals surface area contributed by atoms with Gasteiger partial charge in [-0.25, -0.2) is 18.2 Å². The van der Waals surface area contributed by atoms with Gasteiger partial charge in [-0.15, -0.1) is 0 Å². The lowest BCUT2D eigenvalue weighted by Crippen LogP contribution is -2.35. The second-order valence-electron chi connectivity index (χ2n) is 8.01. The molecule has 1 aliphatic rings. The van der Waals surface area contributed by atoms with Crippen LogP contribution in [0.5, 0.6) is 0 Å². The Labute approximate surface area is 197 Å². The third kappa shape index (κ3) is 5.35. The number of carbonyl (C=O) groups is 2. The van der Waals surface area contributed by atoms with Crippen LogP contribution in [0.4, 0.5) is 5.69 Å². The molecule has 1 aliphatic heterocycles. The van der Waals surface area contributed by atoms with E-state index in [1.165, 1.54) is 22.8 Å². The Bertz CT molecular complexity index is 1260. The van der Waals surface area contributed by atoms with Gasteiger partial charge in [0.1, 0.15) is 0 Å². The van der Waals surface area contributed by atoms with Crippen LogP contribution in [0.25, 0.3) is 11.3 Å². The Balaban J connectivity index is 1.37. The Morgan fingerprint density at radius 2 is 1.82 bits per heavy atom. The molecule has 1 aromatic heterocycles. The third-order valence-corrected chi connectivity index (χ3v) is 7.50. The third-order valence-electron chi connectivity index (χ3n) is 5.61. The summed E-state index contributed by atoms with van der Waals surface area (Å²) in [6.07, 6.45) is 5.57. The van der Waals surface area contributed by atoms with Gasteiger partial charge in [0.25, 0.3) is 5.91 Å². The van der Waals surface area contributed by atoms with Gasteiger partial charge in [-0.2, -0.15) is 4.31 Å². The van der Waals surface area contributed by atoms with Gasteiger partial charge in [0, 0.05) is 24.3 Å². The normalized spacial score (nSPS) is 14.5. The minimum Gasteiger partial charge on any atom is -0.452 e. The van der Waals surface area contributed by atoms with Crippen molar-refractivity contribution < 1.29 is 27.2 Å². The lowest BCUT2D eigenvalue weighted by atomic mass is 10.1. The first-order valence-corrected chi connectivity index (χ1v) is 12.4. The molecule has 10 heteroatoms. The van der Waals surface area contributed by atoms with Crippen molar-refractivity contribution in [1.82, 2.24) is 9.29 Å². The maximum atomic E-state index is 12.9. The molecule has 2 aromatic carbocycles. The zero-order valence-corrected chi connectivity index (χ0v) is 19.5. The Morgan fingerprint density at radius 3 is 2.50 bits per heavy atom. The summed E-state index contributed by atoms with van der Waals surface area (Å²) in [4.78, 5) is 28.7. The molecule has 1 N–H and O–H groups in total. The molecular formula is C24H25N3O6S. The van der Waals surface area contributed by atoms with Crippen molar-refractivity contribution in [2.45, 2.75) is 31.1 Å². The molecule has 0 aliphatic carbocycles. The lowest BCUT2D eigenvalue weighted by Gasteiger charge is -2.26. The SMILES string of the molecule is Cc1ccc(S(=O)(=O)N2CCCCC2)cc1NC(=O)COC(=O)c1ccc(-c2cnco2)cc1. The molecule has 178 valence electrons. The summed E-state index contributed by atoms with van der Waals surface area (Å²) in [7, 11) is -3.63. The largest absolute Gasteiger partial charge is 0.452 e. The summed E-state index contributed by atoms with van der Waals surface area (Å²) in [5.74, 6) is -0.654. The summed E-state index contributed by atoms with van der Waals surface area (Å²) in [6.45, 7) is 2.24. The van der Waals surface area contributed by atoms with Crippen LogP contribution >= 0.6 is 0 Å². The van der Waals surface area contributed by atoms with Crippen LogP contribution in [0.3, 0.4) is 0 Å². The van der Waals surface area contributed by atoms with Gasteiger partial charge in [0.2, 0.25) is 10.0 Å². The van der Waals surface area contributed by atoms with E-state index >= 15 is 0 Å². The van der Waals surface area contributed by atoms with Gasteiger partial charge in [0.05, 0.1) is 16.7 Å². The molecule has 1 fully saturated rings. The Morgan fingerprint density at radius 1 is 1.09 bits per heavy atom. The quantitative estimate of drug-likeness (QED) is 0.510. The summed E-state index contributed by atoms with van der Waals surface area (Å²) in [6, 6.07) is 11.1. The van der Waals surface area contributed by atoms with Crippen molar-refractivity contribution in [3.8, 4) is 11.3 Å². The van der Waals surface area contributed by atoms with Crippen molar-refractivity contribution in [1.29, 1.82) is 0 Å². The molecule has 0 atom stereocenters. The molecule has 9 nitrogen and oxygen atoms in total. The molecule has 2 heterocycles. The van der Waals surface area contributed by atoms with E-state index in [0.717, 1.165) is 24.8 Å². The number of piperidine rings is 1. The highest BCUT2D eigenvalue weighted by Crippen LogP contribution is 2.25. The van der Waals surface area contributed by atoms with Crippen molar-refractivity contribution >= 4 is 27.6 Å². The molecule has 0 radical (unpaired) electrons. The first kappa shape index (κ1) is 23.7. The van der Waals surface area contributed by atoms with Crippen LogP contribution in [0.15, 0.2) is 64.4 Å². The van der Waals surface area contributed by atoms with Gasteiger partial charge in [-0.1, -0.05) is 24.6 Å². The number of rotatable bonds is 7. The maximum absolute atomic E-state index is 12.9. The van der Waals surface area contributed by atoms with Gasteiger partial charge in [-0.05, 0) is 49.6 Å². The fourth-order valence-corrected chi connectivity index (χ4v) is 5.22. The molecular weight excluding hydrogens is 458 g/mol. The van der Waals surface area contributed by atoms with Gasteiger partial charge in [0.15, 0.2) is 18.8 Å². The predicted molar refractivity (Wildman–Crippen MR) is 125 cm³/mol. The number of benzene rings is 2. The van der Waals surface area contributed by atoms with Crippen LogP contribution in [-0.4, -0.2) is 49.3 Å². The Hall–Kier alpha value is -3.50. The van der Waals surface area contributed by atoms with Crippen molar-refractivity contribution in [3.63, 3.8) is 0 Å². The second kappa shape index (κ2) is 10.2. The van der Waals surface area contributed by atoms with Crippen molar-refractivity contribution in [2.75, 3.05) is 25.0 Å². The summed E-state index contributed by atoms with van der Waals surface area (Å²) >= 11 is 0. The van der Waals surface area contributed by atoms with E-state index in [2.05, 4.69) is 10.3 Å². The average Bonchev–Trinajstić information content (AvgIpc) is 3.39. The van der Waals surface area contributed by atoms with Crippen LogP contribution < -0.4 is 5.32 Å². The number of sulfonamides is 1. The van der Waals surface area contributed by atoms with Crippen LogP contribution in [0, 0.1) is 6.92 Å². The molecule has 4 rings (SSSR count). The zero-order chi connectivity index (χ0) is 24.1. The number of ether oxygens (including phenoxy) is 1. The highest BCUT2D eigenvalue weighted by Gasteiger charge is 2.26. The number of nitrogens with zero attached hydrogens (tertiary/aromatic N) is 2. The smallest absolute Gasteiger partial charge is 0.338 e. The van der Waals surface area contributed by atoms with Gasteiger partial charge < -0.3 is 14.5 Å². The maximum Gasteiger partial charge on any atom is 0.338 e. The number of carbonyl (C=O) groups excluding carboxylic acids is 2. The number of aromatic nitrogens is 1. The fourth-order valence-electron chi connectivity index (χ4n) is 3.68. The average molecular weight is 484 g/mol. The number of esters is 1. The fraction of sp³-hybridized carbons (Fsp3) is 0.292. The molecule has 34 heavy (non-hydrogen) atoms.